The highest BCUT2D eigenvalue weighted by molar-refractivity contribution is 5.94. The number of hydrogen-bond donors (Lipinski definition) is 5. The molecule has 0 aromatic rings. The third-order valence-corrected chi connectivity index (χ3v) is 4.83. The fourth-order valence-corrected chi connectivity index (χ4v) is 2.23. The van der Waals surface area contributed by atoms with E-state index in [0.29, 0.717) is 6.42 Å². The number of hydrogen-bond acceptors (Lipinski definition) is 5. The first-order valence-corrected chi connectivity index (χ1v) is 9.35. The van der Waals surface area contributed by atoms with Gasteiger partial charge < -0.3 is 26.8 Å². The molecule has 0 saturated carbocycles. The van der Waals surface area contributed by atoms with Crippen LogP contribution in [0.5, 0.6) is 0 Å². The zero-order chi connectivity index (χ0) is 21.3. The Bertz CT molecular complexity index is 540. The van der Waals surface area contributed by atoms with E-state index in [-0.39, 0.29) is 11.8 Å². The van der Waals surface area contributed by atoms with Gasteiger partial charge in [-0.15, -0.1) is 0 Å². The van der Waals surface area contributed by atoms with E-state index in [4.69, 9.17) is 10.8 Å². The van der Waals surface area contributed by atoms with Crippen LogP contribution in [0.2, 0.25) is 0 Å². The zero-order valence-corrected chi connectivity index (χ0v) is 17.0. The van der Waals surface area contributed by atoms with Gasteiger partial charge in [0.15, 0.2) is 0 Å². The summed E-state index contributed by atoms with van der Waals surface area (Å²) >= 11 is 0. The van der Waals surface area contributed by atoms with Crippen LogP contribution < -0.4 is 21.7 Å². The normalized spacial score (nSPS) is 17.6. The molecule has 0 aliphatic carbocycles. The van der Waals surface area contributed by atoms with Crippen LogP contribution in [0.15, 0.2) is 0 Å². The molecule has 0 aromatic heterocycles. The summed E-state index contributed by atoms with van der Waals surface area (Å²) in [7, 11) is 0. The van der Waals surface area contributed by atoms with Gasteiger partial charge in [0.2, 0.25) is 17.7 Å². The minimum absolute atomic E-state index is 0.0311. The molecule has 0 rings (SSSR count). The van der Waals surface area contributed by atoms with Crippen LogP contribution >= 0.6 is 0 Å². The molecule has 6 atom stereocenters. The summed E-state index contributed by atoms with van der Waals surface area (Å²) in [6.07, 6.45) is 1.33. The number of amides is 3. The first kappa shape index (κ1) is 24.8. The van der Waals surface area contributed by atoms with E-state index in [1.807, 2.05) is 20.8 Å². The monoisotopic (exact) mass is 386 g/mol. The quantitative estimate of drug-likeness (QED) is 0.337. The van der Waals surface area contributed by atoms with Crippen molar-refractivity contribution in [3.05, 3.63) is 0 Å². The predicted molar refractivity (Wildman–Crippen MR) is 102 cm³/mol. The lowest BCUT2D eigenvalue weighted by Gasteiger charge is -2.27. The molecule has 0 saturated heterocycles. The number of carboxylic acids is 1. The Morgan fingerprint density at radius 3 is 1.70 bits per heavy atom. The summed E-state index contributed by atoms with van der Waals surface area (Å²) < 4.78 is 0. The fraction of sp³-hybridized carbons (Fsp3) is 0.778. The number of nitrogens with two attached hydrogens (primary N) is 1. The van der Waals surface area contributed by atoms with Crippen molar-refractivity contribution in [3.63, 3.8) is 0 Å². The first-order valence-electron chi connectivity index (χ1n) is 9.35. The predicted octanol–water partition coefficient (Wildman–Crippen LogP) is -0.0153. The van der Waals surface area contributed by atoms with Gasteiger partial charge in [0, 0.05) is 0 Å². The van der Waals surface area contributed by atoms with Gasteiger partial charge in [0.25, 0.3) is 0 Å². The van der Waals surface area contributed by atoms with Gasteiger partial charge >= 0.3 is 5.97 Å². The largest absolute Gasteiger partial charge is 0.480 e. The van der Waals surface area contributed by atoms with Gasteiger partial charge in [-0.25, -0.2) is 0 Å². The Morgan fingerprint density at radius 2 is 1.26 bits per heavy atom. The second-order valence-corrected chi connectivity index (χ2v) is 7.08. The lowest BCUT2D eigenvalue weighted by molar-refractivity contribution is -0.142. The minimum atomic E-state index is -1.17. The van der Waals surface area contributed by atoms with E-state index < -0.39 is 47.9 Å². The minimum Gasteiger partial charge on any atom is -0.480 e. The fourth-order valence-electron chi connectivity index (χ4n) is 2.23. The summed E-state index contributed by atoms with van der Waals surface area (Å²) in [5.74, 6) is -2.98. The molecule has 0 bridgehead atoms. The third kappa shape index (κ3) is 7.94. The average Bonchev–Trinajstić information content (AvgIpc) is 2.63. The molecule has 0 fully saturated rings. The van der Waals surface area contributed by atoms with Gasteiger partial charge in [-0.1, -0.05) is 40.5 Å². The SMILES string of the molecule is CC[C@H](C)[C@H](N)C(=O)N[C@@H](C)C(=O)N[C@H](C(=O)N[C@@H](C)C(=O)O)[C@@H](C)CC. The summed E-state index contributed by atoms with van der Waals surface area (Å²) in [6, 6.07) is -3.60. The van der Waals surface area contributed by atoms with Crippen LogP contribution in [-0.2, 0) is 19.2 Å². The Balaban J connectivity index is 5.00. The number of carbonyl (C=O) groups is 4. The zero-order valence-electron chi connectivity index (χ0n) is 17.0. The van der Waals surface area contributed by atoms with Gasteiger partial charge in [-0.2, -0.15) is 0 Å². The Hall–Kier alpha value is -2.16. The number of nitrogens with one attached hydrogen (secondary N) is 3. The van der Waals surface area contributed by atoms with E-state index in [1.54, 1.807) is 6.92 Å². The van der Waals surface area contributed by atoms with E-state index in [9.17, 15) is 19.2 Å². The maximum atomic E-state index is 12.4. The van der Waals surface area contributed by atoms with Crippen LogP contribution in [0.1, 0.15) is 54.4 Å². The maximum Gasteiger partial charge on any atom is 0.325 e. The van der Waals surface area contributed by atoms with Crippen LogP contribution in [-0.4, -0.2) is 53.0 Å². The topological polar surface area (TPSA) is 151 Å². The van der Waals surface area contributed by atoms with Crippen molar-refractivity contribution < 1.29 is 24.3 Å². The van der Waals surface area contributed by atoms with Crippen LogP contribution in [0, 0.1) is 11.8 Å². The van der Waals surface area contributed by atoms with E-state index in [0.717, 1.165) is 6.42 Å². The summed E-state index contributed by atoms with van der Waals surface area (Å²) in [6.45, 7) is 10.2. The van der Waals surface area contributed by atoms with Crippen molar-refractivity contribution in [2.75, 3.05) is 0 Å². The second-order valence-electron chi connectivity index (χ2n) is 7.08. The number of rotatable bonds is 11. The molecule has 27 heavy (non-hydrogen) atoms. The van der Waals surface area contributed by atoms with Crippen LogP contribution in [0.25, 0.3) is 0 Å². The molecule has 0 spiro atoms. The van der Waals surface area contributed by atoms with Crippen molar-refractivity contribution in [1.29, 1.82) is 0 Å². The van der Waals surface area contributed by atoms with Crippen molar-refractivity contribution in [3.8, 4) is 0 Å². The molecule has 0 aliphatic rings. The highest BCUT2D eigenvalue weighted by atomic mass is 16.4. The summed E-state index contributed by atoms with van der Waals surface area (Å²) in [5, 5.41) is 16.4. The van der Waals surface area contributed by atoms with Crippen molar-refractivity contribution >= 4 is 23.7 Å². The lowest BCUT2D eigenvalue weighted by Crippen LogP contribution is -2.58. The molecule has 0 aliphatic heterocycles. The summed E-state index contributed by atoms with van der Waals surface area (Å²) in [5.41, 5.74) is 5.86. The van der Waals surface area contributed by atoms with E-state index in [1.165, 1.54) is 13.8 Å². The van der Waals surface area contributed by atoms with Crippen molar-refractivity contribution in [1.82, 2.24) is 16.0 Å². The Kier molecular flexibility index (Phi) is 10.6. The molecule has 9 nitrogen and oxygen atoms in total. The Labute approximate surface area is 160 Å². The average molecular weight is 386 g/mol. The van der Waals surface area contributed by atoms with Crippen molar-refractivity contribution in [2.24, 2.45) is 17.6 Å². The van der Waals surface area contributed by atoms with Crippen LogP contribution in [0.4, 0.5) is 0 Å². The number of carboxylic acid groups (broad SMARTS) is 1. The molecule has 0 unspecified atom stereocenters. The number of aliphatic carboxylic acids is 1. The summed E-state index contributed by atoms with van der Waals surface area (Å²) in [4.78, 5) is 47.9. The molecule has 6 N–H and O–H groups in total. The maximum absolute atomic E-state index is 12.4. The highest BCUT2D eigenvalue weighted by Crippen LogP contribution is 2.09. The van der Waals surface area contributed by atoms with Gasteiger partial charge in [0.05, 0.1) is 6.04 Å². The molecule has 3 amide bonds. The smallest absolute Gasteiger partial charge is 0.325 e. The second kappa shape index (κ2) is 11.5. The van der Waals surface area contributed by atoms with Gasteiger partial charge in [-0.3, -0.25) is 19.2 Å². The number of carbonyl (C=O) groups excluding carboxylic acids is 3. The molecule has 156 valence electrons. The first-order chi connectivity index (χ1) is 12.5. The third-order valence-electron chi connectivity index (χ3n) is 4.83. The van der Waals surface area contributed by atoms with Gasteiger partial charge in [0.1, 0.15) is 18.1 Å². The highest BCUT2D eigenvalue weighted by Gasteiger charge is 2.30. The molecule has 0 radical (unpaired) electrons. The molecule has 9 heteroatoms. The molecule has 0 aromatic carbocycles. The van der Waals surface area contributed by atoms with E-state index in [2.05, 4.69) is 16.0 Å². The van der Waals surface area contributed by atoms with Crippen LogP contribution in [0.3, 0.4) is 0 Å². The molecular formula is C18H34N4O5. The molecular weight excluding hydrogens is 352 g/mol. The standard InChI is InChI=1S/C18H34N4O5/c1-7-9(3)13(19)16(24)20-11(5)15(23)22-14(10(4)8-2)17(25)21-12(6)18(26)27/h9-14H,7-8,19H2,1-6H3,(H,20,24)(H,21,25)(H,22,23)(H,26,27)/t9-,10-,11-,12-,13-,14-/m0/s1. The Morgan fingerprint density at radius 1 is 0.778 bits per heavy atom. The van der Waals surface area contributed by atoms with Gasteiger partial charge in [-0.05, 0) is 25.7 Å². The lowest BCUT2D eigenvalue weighted by atomic mass is 9.97. The molecule has 0 heterocycles. The van der Waals surface area contributed by atoms with E-state index >= 15 is 0 Å². The van der Waals surface area contributed by atoms with Crippen molar-refractivity contribution in [2.45, 2.75) is 78.6 Å².